The lowest BCUT2D eigenvalue weighted by atomic mass is 9.95. The van der Waals surface area contributed by atoms with Gasteiger partial charge in [-0.05, 0) is 50.1 Å². The standard InChI is InChI=1S/C21H33N7S/c1-16-25-26-19(27(16)2)15-22-21(23-17-7-4-3-5-8-17)24-18-10-12-28(13-11-18)20-9-6-14-29-20/h6,9,14,17-18H,3-5,7-8,10-13,15H2,1-2H3,(H2,22,23,24). The number of anilines is 1. The zero-order chi connectivity index (χ0) is 20.1. The number of rotatable bonds is 5. The fourth-order valence-electron chi connectivity index (χ4n) is 4.20. The summed E-state index contributed by atoms with van der Waals surface area (Å²) in [4.78, 5) is 7.38. The SMILES string of the molecule is Cc1nnc(CN=C(NC2CCCCC2)NC2CCN(c3cccs3)CC2)n1C. The van der Waals surface area contributed by atoms with Gasteiger partial charge in [-0.2, -0.15) is 0 Å². The lowest BCUT2D eigenvalue weighted by Gasteiger charge is -2.34. The monoisotopic (exact) mass is 415 g/mol. The van der Waals surface area contributed by atoms with Gasteiger partial charge in [0, 0.05) is 32.2 Å². The van der Waals surface area contributed by atoms with Crippen molar-refractivity contribution in [3.05, 3.63) is 29.2 Å². The quantitative estimate of drug-likeness (QED) is 0.580. The molecule has 0 bridgehead atoms. The molecule has 0 radical (unpaired) electrons. The van der Waals surface area contributed by atoms with Crippen LogP contribution in [-0.4, -0.2) is 45.9 Å². The van der Waals surface area contributed by atoms with Crippen molar-refractivity contribution in [3.63, 3.8) is 0 Å². The molecule has 4 rings (SSSR count). The number of aryl methyl sites for hydroxylation is 1. The lowest BCUT2D eigenvalue weighted by molar-refractivity contribution is 0.401. The lowest BCUT2D eigenvalue weighted by Crippen LogP contribution is -2.51. The Balaban J connectivity index is 1.38. The summed E-state index contributed by atoms with van der Waals surface area (Å²) in [5.41, 5.74) is 0. The summed E-state index contributed by atoms with van der Waals surface area (Å²) in [5.74, 6) is 2.76. The molecule has 7 nitrogen and oxygen atoms in total. The molecule has 0 aromatic carbocycles. The number of piperidine rings is 1. The first-order chi connectivity index (χ1) is 14.2. The molecule has 0 spiro atoms. The van der Waals surface area contributed by atoms with E-state index in [0.29, 0.717) is 18.6 Å². The van der Waals surface area contributed by atoms with Crippen molar-refractivity contribution in [2.24, 2.45) is 12.0 Å². The van der Waals surface area contributed by atoms with Gasteiger partial charge < -0.3 is 20.1 Å². The maximum atomic E-state index is 4.88. The Hall–Kier alpha value is -2.09. The molecule has 8 heteroatoms. The Labute approximate surface area is 177 Å². The number of hydrogen-bond donors (Lipinski definition) is 2. The third kappa shape index (κ3) is 5.29. The van der Waals surface area contributed by atoms with Gasteiger partial charge in [0.15, 0.2) is 11.8 Å². The molecule has 0 amide bonds. The van der Waals surface area contributed by atoms with Gasteiger partial charge in [-0.15, -0.1) is 21.5 Å². The average molecular weight is 416 g/mol. The van der Waals surface area contributed by atoms with Crippen LogP contribution >= 0.6 is 11.3 Å². The van der Waals surface area contributed by atoms with E-state index >= 15 is 0 Å². The number of aromatic nitrogens is 3. The third-order valence-corrected chi connectivity index (χ3v) is 7.09. The zero-order valence-electron chi connectivity index (χ0n) is 17.6. The zero-order valence-corrected chi connectivity index (χ0v) is 18.4. The van der Waals surface area contributed by atoms with Crippen molar-refractivity contribution in [2.75, 3.05) is 18.0 Å². The minimum Gasteiger partial charge on any atom is -0.363 e. The molecule has 1 saturated carbocycles. The molecule has 2 aromatic heterocycles. The summed E-state index contributed by atoms with van der Waals surface area (Å²) < 4.78 is 2.02. The summed E-state index contributed by atoms with van der Waals surface area (Å²) in [6.45, 7) is 4.71. The van der Waals surface area contributed by atoms with Crippen LogP contribution in [0.15, 0.2) is 22.5 Å². The Bertz CT molecular complexity index is 784. The molecule has 1 saturated heterocycles. The van der Waals surface area contributed by atoms with Crippen LogP contribution in [0.4, 0.5) is 5.00 Å². The molecule has 29 heavy (non-hydrogen) atoms. The van der Waals surface area contributed by atoms with Crippen molar-refractivity contribution in [3.8, 4) is 0 Å². The molecule has 2 aromatic rings. The van der Waals surface area contributed by atoms with E-state index in [1.165, 1.54) is 37.1 Å². The third-order valence-electron chi connectivity index (χ3n) is 6.16. The van der Waals surface area contributed by atoms with E-state index in [2.05, 4.69) is 43.2 Å². The summed E-state index contributed by atoms with van der Waals surface area (Å²) in [6, 6.07) is 5.35. The molecule has 0 unspecified atom stereocenters. The molecule has 1 aliphatic carbocycles. The van der Waals surface area contributed by atoms with E-state index in [4.69, 9.17) is 4.99 Å². The van der Waals surface area contributed by atoms with E-state index in [9.17, 15) is 0 Å². The van der Waals surface area contributed by atoms with Crippen molar-refractivity contribution in [2.45, 2.75) is 70.5 Å². The number of nitrogens with one attached hydrogen (secondary N) is 2. The molecular weight excluding hydrogens is 382 g/mol. The minimum atomic E-state index is 0.460. The number of thiophene rings is 1. The predicted octanol–water partition coefficient (Wildman–Crippen LogP) is 3.22. The van der Waals surface area contributed by atoms with Crippen LogP contribution in [0.1, 0.15) is 56.6 Å². The van der Waals surface area contributed by atoms with Gasteiger partial charge in [-0.3, -0.25) is 0 Å². The van der Waals surface area contributed by atoms with Gasteiger partial charge in [0.2, 0.25) is 0 Å². The van der Waals surface area contributed by atoms with Gasteiger partial charge in [0.05, 0.1) is 5.00 Å². The minimum absolute atomic E-state index is 0.460. The molecular formula is C21H33N7S. The highest BCUT2D eigenvalue weighted by molar-refractivity contribution is 7.14. The van der Waals surface area contributed by atoms with Crippen LogP contribution in [0.3, 0.4) is 0 Å². The van der Waals surface area contributed by atoms with E-state index in [1.807, 2.05) is 29.9 Å². The van der Waals surface area contributed by atoms with Gasteiger partial charge >= 0.3 is 0 Å². The van der Waals surface area contributed by atoms with E-state index in [-0.39, 0.29) is 0 Å². The second kappa shape index (κ2) is 9.61. The number of hydrogen-bond acceptors (Lipinski definition) is 5. The summed E-state index contributed by atoms with van der Waals surface area (Å²) in [6.07, 6.45) is 8.72. The van der Waals surface area contributed by atoms with Crippen LogP contribution in [-0.2, 0) is 13.6 Å². The highest BCUT2D eigenvalue weighted by Gasteiger charge is 2.22. The van der Waals surface area contributed by atoms with Crippen molar-refractivity contribution < 1.29 is 0 Å². The Morgan fingerprint density at radius 2 is 1.83 bits per heavy atom. The van der Waals surface area contributed by atoms with Crippen LogP contribution in [0.25, 0.3) is 0 Å². The highest BCUT2D eigenvalue weighted by atomic mass is 32.1. The maximum Gasteiger partial charge on any atom is 0.192 e. The van der Waals surface area contributed by atoms with Gasteiger partial charge in [-0.25, -0.2) is 4.99 Å². The topological polar surface area (TPSA) is 70.4 Å². The molecule has 0 atom stereocenters. The van der Waals surface area contributed by atoms with Crippen molar-refractivity contribution in [1.29, 1.82) is 0 Å². The average Bonchev–Trinajstić information content (AvgIpc) is 3.39. The van der Waals surface area contributed by atoms with Crippen LogP contribution in [0, 0.1) is 6.92 Å². The first-order valence-corrected chi connectivity index (χ1v) is 11.8. The Kier molecular flexibility index (Phi) is 6.69. The first kappa shape index (κ1) is 20.2. The highest BCUT2D eigenvalue weighted by Crippen LogP contribution is 2.25. The molecule has 2 N–H and O–H groups in total. The molecule has 2 fully saturated rings. The molecule has 3 heterocycles. The second-order valence-corrected chi connectivity index (χ2v) is 9.15. The summed E-state index contributed by atoms with van der Waals surface area (Å²) in [7, 11) is 2.00. The Morgan fingerprint density at radius 3 is 2.45 bits per heavy atom. The molecule has 2 aliphatic rings. The van der Waals surface area contributed by atoms with E-state index < -0.39 is 0 Å². The van der Waals surface area contributed by atoms with Crippen molar-refractivity contribution >= 4 is 22.3 Å². The smallest absolute Gasteiger partial charge is 0.192 e. The largest absolute Gasteiger partial charge is 0.363 e. The van der Waals surface area contributed by atoms with Crippen LogP contribution in [0.5, 0.6) is 0 Å². The normalized spacial score (nSPS) is 19.5. The first-order valence-electron chi connectivity index (χ1n) is 10.9. The second-order valence-electron chi connectivity index (χ2n) is 8.22. The van der Waals surface area contributed by atoms with E-state index in [1.54, 1.807) is 0 Å². The number of nitrogens with zero attached hydrogens (tertiary/aromatic N) is 5. The number of aliphatic imine (C=N–C) groups is 1. The molecule has 1 aliphatic heterocycles. The van der Waals surface area contributed by atoms with Crippen LogP contribution in [0.2, 0.25) is 0 Å². The van der Waals surface area contributed by atoms with Gasteiger partial charge in [-0.1, -0.05) is 19.3 Å². The maximum absolute atomic E-state index is 4.88. The number of guanidine groups is 1. The van der Waals surface area contributed by atoms with Gasteiger partial charge in [0.25, 0.3) is 0 Å². The summed E-state index contributed by atoms with van der Waals surface area (Å²) in [5, 5.41) is 19.4. The fraction of sp³-hybridized carbons (Fsp3) is 0.667. The Morgan fingerprint density at radius 1 is 1.10 bits per heavy atom. The van der Waals surface area contributed by atoms with E-state index in [0.717, 1.165) is 43.5 Å². The van der Waals surface area contributed by atoms with Crippen LogP contribution < -0.4 is 15.5 Å². The molecule has 158 valence electrons. The van der Waals surface area contributed by atoms with Crippen molar-refractivity contribution in [1.82, 2.24) is 25.4 Å². The fourth-order valence-corrected chi connectivity index (χ4v) is 4.98. The predicted molar refractivity (Wildman–Crippen MR) is 120 cm³/mol. The summed E-state index contributed by atoms with van der Waals surface area (Å²) >= 11 is 1.83. The van der Waals surface area contributed by atoms with Gasteiger partial charge in [0.1, 0.15) is 12.4 Å².